The van der Waals surface area contributed by atoms with Crippen molar-refractivity contribution in [1.29, 1.82) is 0 Å². The van der Waals surface area contributed by atoms with Gasteiger partial charge in [0.1, 0.15) is 11.6 Å². The van der Waals surface area contributed by atoms with Crippen LogP contribution in [0.25, 0.3) is 18.2 Å². The van der Waals surface area contributed by atoms with E-state index in [1.165, 1.54) is 44.1 Å². The number of allylic oxidation sites excluding steroid dienone is 2. The van der Waals surface area contributed by atoms with Crippen molar-refractivity contribution >= 4 is 18.2 Å². The van der Waals surface area contributed by atoms with Crippen LogP contribution >= 0.6 is 0 Å². The van der Waals surface area contributed by atoms with Gasteiger partial charge < -0.3 is 15.2 Å². The van der Waals surface area contributed by atoms with Gasteiger partial charge in [0.05, 0.1) is 19.1 Å². The molecule has 47 heavy (non-hydrogen) atoms. The number of unbranched alkanes of at least 4 members (excludes halogenated alkanes) is 2. The second kappa shape index (κ2) is 36.3. The molecule has 0 atom stereocenters. The number of benzene rings is 1. The highest BCUT2D eigenvalue weighted by atomic mass is 16.5. The first-order valence-electron chi connectivity index (χ1n) is 18.6. The van der Waals surface area contributed by atoms with Gasteiger partial charge in [-0.2, -0.15) is 0 Å². The van der Waals surface area contributed by atoms with Gasteiger partial charge in [-0.3, -0.25) is 0 Å². The highest BCUT2D eigenvalue weighted by Crippen LogP contribution is 2.25. The molecular formula is C42H79N3O2. The lowest BCUT2D eigenvalue weighted by atomic mass is 9.99. The van der Waals surface area contributed by atoms with Crippen molar-refractivity contribution < 1.29 is 9.84 Å². The predicted molar refractivity (Wildman–Crippen MR) is 214 cm³/mol. The molecule has 0 aliphatic carbocycles. The highest BCUT2D eigenvalue weighted by molar-refractivity contribution is 5.72. The van der Waals surface area contributed by atoms with Crippen LogP contribution in [0.5, 0.6) is 5.75 Å². The fourth-order valence-corrected chi connectivity index (χ4v) is 3.03. The summed E-state index contributed by atoms with van der Waals surface area (Å²) in [4.78, 5) is 8.79. The maximum Gasteiger partial charge on any atom is 0.126 e. The zero-order valence-electron chi connectivity index (χ0n) is 34.1. The van der Waals surface area contributed by atoms with Crippen molar-refractivity contribution in [2.75, 3.05) is 20.3 Å². The van der Waals surface area contributed by atoms with Crippen LogP contribution in [0, 0.1) is 25.7 Å². The molecule has 5 heteroatoms. The van der Waals surface area contributed by atoms with E-state index in [0.29, 0.717) is 13.1 Å². The fourth-order valence-electron chi connectivity index (χ4n) is 3.03. The van der Waals surface area contributed by atoms with Crippen LogP contribution in [0.1, 0.15) is 158 Å². The molecule has 0 amide bonds. The summed E-state index contributed by atoms with van der Waals surface area (Å²) in [7, 11) is 1.67. The minimum absolute atomic E-state index is 0.114. The van der Waals surface area contributed by atoms with Crippen molar-refractivity contribution in [3.8, 4) is 5.75 Å². The predicted octanol–water partition coefficient (Wildman–Crippen LogP) is 10.6. The maximum atomic E-state index is 8.97. The third kappa shape index (κ3) is 29.4. The maximum absolute atomic E-state index is 8.97. The highest BCUT2D eigenvalue weighted by Gasteiger charge is 2.07. The van der Waals surface area contributed by atoms with E-state index in [1.54, 1.807) is 7.11 Å². The fraction of sp³-hybridized carbons (Fsp3) is 0.667. The average molecular weight is 658 g/mol. The molecule has 0 radical (unpaired) electrons. The molecule has 1 aromatic heterocycles. The quantitative estimate of drug-likeness (QED) is 0.222. The molecule has 0 spiro atoms. The lowest BCUT2D eigenvalue weighted by Gasteiger charge is -2.13. The number of aromatic nitrogens is 2. The lowest BCUT2D eigenvalue weighted by molar-refractivity contribution is 0.291. The Labute approximate surface area is 293 Å². The lowest BCUT2D eigenvalue weighted by Crippen LogP contribution is -2.31. The van der Waals surface area contributed by atoms with Gasteiger partial charge in [-0.1, -0.05) is 153 Å². The van der Waals surface area contributed by atoms with Crippen molar-refractivity contribution in [1.82, 2.24) is 15.3 Å². The number of rotatable bonds is 12. The first-order valence-corrected chi connectivity index (χ1v) is 18.6. The Balaban J connectivity index is -0.000000377. The van der Waals surface area contributed by atoms with E-state index in [2.05, 4.69) is 116 Å². The normalized spacial score (nSPS) is 10.6. The summed E-state index contributed by atoms with van der Waals surface area (Å²) in [5.74, 6) is 3.35. The van der Waals surface area contributed by atoms with Crippen LogP contribution in [0.2, 0.25) is 0 Å². The molecule has 0 saturated heterocycles. The van der Waals surface area contributed by atoms with Crippen molar-refractivity contribution in [2.24, 2.45) is 11.8 Å². The van der Waals surface area contributed by atoms with E-state index in [1.807, 2.05) is 39.8 Å². The van der Waals surface area contributed by atoms with Gasteiger partial charge >= 0.3 is 0 Å². The Morgan fingerprint density at radius 2 is 1.36 bits per heavy atom. The summed E-state index contributed by atoms with van der Waals surface area (Å²) in [6.07, 6.45) is 12.9. The van der Waals surface area contributed by atoms with Crippen molar-refractivity contribution in [3.63, 3.8) is 0 Å². The molecule has 1 aromatic carbocycles. The summed E-state index contributed by atoms with van der Waals surface area (Å²) in [5.41, 5.74) is 4.35. The van der Waals surface area contributed by atoms with Gasteiger partial charge in [0.15, 0.2) is 0 Å². The number of aliphatic hydroxyl groups is 1. The molecule has 1 heterocycles. The minimum Gasteiger partial charge on any atom is -0.496 e. The van der Waals surface area contributed by atoms with E-state index >= 15 is 0 Å². The van der Waals surface area contributed by atoms with Crippen molar-refractivity contribution in [2.45, 2.75) is 155 Å². The Bertz CT molecular complexity index is 1090. The average Bonchev–Trinajstić information content (AvgIpc) is 3.07. The van der Waals surface area contributed by atoms with E-state index < -0.39 is 0 Å². The second-order valence-corrected chi connectivity index (χ2v) is 12.0. The molecule has 274 valence electrons. The van der Waals surface area contributed by atoms with Crippen LogP contribution in [0.4, 0.5) is 0 Å². The number of ether oxygens (including phenoxy) is 1. The van der Waals surface area contributed by atoms with Gasteiger partial charge in [-0.25, -0.2) is 9.97 Å². The van der Waals surface area contributed by atoms with Gasteiger partial charge in [0.25, 0.3) is 0 Å². The smallest absolute Gasteiger partial charge is 0.126 e. The molecule has 0 aliphatic heterocycles. The van der Waals surface area contributed by atoms with Crippen LogP contribution in [-0.4, -0.2) is 35.3 Å². The number of methoxy groups -OCH3 is 1. The zero-order chi connectivity index (χ0) is 37.2. The van der Waals surface area contributed by atoms with E-state index in [0.717, 1.165) is 57.2 Å². The zero-order valence-corrected chi connectivity index (χ0v) is 34.1. The molecule has 0 unspecified atom stereocenters. The number of nitrogens with one attached hydrogen (secondary N) is 1. The van der Waals surface area contributed by atoms with E-state index in [9.17, 15) is 0 Å². The number of hydrogen-bond donors (Lipinski definition) is 2. The molecule has 2 aromatic rings. The second-order valence-electron chi connectivity index (χ2n) is 12.0. The third-order valence-electron chi connectivity index (χ3n) is 7.05. The van der Waals surface area contributed by atoms with Gasteiger partial charge in [0.2, 0.25) is 0 Å². The summed E-state index contributed by atoms with van der Waals surface area (Å²) >= 11 is 0. The summed E-state index contributed by atoms with van der Waals surface area (Å²) in [5, 5.41) is 13.9. The van der Waals surface area contributed by atoms with Gasteiger partial charge in [0, 0.05) is 29.6 Å². The molecule has 2 rings (SSSR count). The number of aliphatic hydroxyl groups excluding tert-OH is 1. The van der Waals surface area contributed by atoms with Crippen molar-refractivity contribution in [3.05, 3.63) is 57.5 Å². The number of hydrogen-bond acceptors (Lipinski definition) is 5. The standard InChI is InChI=1S/C22H29N3O2.2C5H12.2C4H10.C2H6/c1-6-18(7-9-21-15(2)24-17(4)25-16(21)3)19-8-10-22(27-5)20(13-19)14-23-11-12-26;2*1-4-5(2)3;2*1-3-4-2;1-2/h7-10,13,23,26H,2,6,11-12,14H2,1,3-5H3;2*5H,4H2,1-3H3;2*3-4H2,1-2H3;1-2H3/b18-7+,21-9+;;;;;. The van der Waals surface area contributed by atoms with Gasteiger partial charge in [-0.05, 0) is 55.4 Å². The molecule has 0 aliphatic rings. The SMILES string of the molecule is C=c1nc(C)nc(C)/c1=C/C=C(\CC)c1ccc(OC)c(CNCCO)c1.CC.CCC(C)C.CCC(C)C.CCCC.CCCC. The van der Waals surface area contributed by atoms with Gasteiger partial charge in [-0.15, -0.1) is 0 Å². The molecule has 0 fully saturated rings. The van der Waals surface area contributed by atoms with Crippen LogP contribution in [0.3, 0.4) is 0 Å². The molecule has 5 nitrogen and oxygen atoms in total. The summed E-state index contributed by atoms with van der Waals surface area (Å²) in [6, 6.07) is 6.19. The Morgan fingerprint density at radius 1 is 0.872 bits per heavy atom. The van der Waals surface area contributed by atoms with E-state index in [4.69, 9.17) is 9.84 Å². The molecular weight excluding hydrogens is 578 g/mol. The Morgan fingerprint density at radius 3 is 1.72 bits per heavy atom. The molecule has 0 bridgehead atoms. The number of aryl methyl sites for hydroxylation is 2. The monoisotopic (exact) mass is 658 g/mol. The van der Waals surface area contributed by atoms with Crippen LogP contribution in [-0.2, 0) is 6.54 Å². The van der Waals surface area contributed by atoms with Crippen LogP contribution in [0.15, 0.2) is 24.3 Å². The third-order valence-corrected chi connectivity index (χ3v) is 7.05. The van der Waals surface area contributed by atoms with Crippen LogP contribution < -0.4 is 20.6 Å². The topological polar surface area (TPSA) is 67.3 Å². The largest absolute Gasteiger partial charge is 0.496 e. The molecule has 0 saturated carbocycles. The summed E-state index contributed by atoms with van der Waals surface area (Å²) < 4.78 is 5.46. The number of nitrogens with zero attached hydrogens (tertiary/aromatic N) is 2. The van der Waals surface area contributed by atoms with E-state index in [-0.39, 0.29) is 6.61 Å². The minimum atomic E-state index is 0.114. The summed E-state index contributed by atoms with van der Waals surface area (Å²) in [6.45, 7) is 37.4. The Hall–Kier alpha value is -2.50. The molecule has 2 N–H and O–H groups in total. The first-order chi connectivity index (χ1) is 22.4. The first kappa shape index (κ1) is 51.3. The Kier molecular flexibility index (Phi) is 39.7.